The Morgan fingerprint density at radius 3 is 3.00 bits per heavy atom. The summed E-state index contributed by atoms with van der Waals surface area (Å²) < 4.78 is 11.1. The number of halogens is 1. The molecule has 0 radical (unpaired) electrons. The van der Waals surface area contributed by atoms with Gasteiger partial charge in [0.1, 0.15) is 23.0 Å². The van der Waals surface area contributed by atoms with Crippen molar-refractivity contribution in [3.05, 3.63) is 40.1 Å². The Morgan fingerprint density at radius 2 is 2.30 bits per heavy atom. The third-order valence-electron chi connectivity index (χ3n) is 3.16. The largest absolute Gasteiger partial charge is 0.465 e. The van der Waals surface area contributed by atoms with Gasteiger partial charge in [0.25, 0.3) is 0 Å². The zero-order valence-corrected chi connectivity index (χ0v) is 13.7. The van der Waals surface area contributed by atoms with Gasteiger partial charge in [-0.2, -0.15) is 5.26 Å². The van der Waals surface area contributed by atoms with Crippen LogP contribution in [-0.4, -0.2) is 18.1 Å². The number of benzene rings is 1. The zero-order valence-electron chi connectivity index (χ0n) is 12.1. The van der Waals surface area contributed by atoms with Gasteiger partial charge in [0.05, 0.1) is 17.3 Å². The average molecular weight is 348 g/mol. The van der Waals surface area contributed by atoms with Crippen LogP contribution < -0.4 is 5.32 Å². The van der Waals surface area contributed by atoms with Crippen molar-refractivity contribution < 1.29 is 13.9 Å². The topological polar surface area (TPSA) is 88.2 Å². The van der Waals surface area contributed by atoms with E-state index in [1.807, 2.05) is 6.07 Å². The molecule has 1 aromatic carbocycles. The van der Waals surface area contributed by atoms with Gasteiger partial charge in [0.15, 0.2) is 5.13 Å². The molecule has 0 fully saturated rings. The van der Waals surface area contributed by atoms with Crippen LogP contribution in [0.4, 0.5) is 11.0 Å². The third kappa shape index (κ3) is 2.74. The molecule has 0 aliphatic rings. The monoisotopic (exact) mass is 347 g/mol. The summed E-state index contributed by atoms with van der Waals surface area (Å²) >= 11 is 7.32. The lowest BCUT2D eigenvalue weighted by molar-refractivity contribution is 0.0598. The molecule has 2 heterocycles. The third-order valence-corrected chi connectivity index (χ3v) is 4.33. The summed E-state index contributed by atoms with van der Waals surface area (Å²) in [5.74, 6) is -0.150. The van der Waals surface area contributed by atoms with Gasteiger partial charge in [0.2, 0.25) is 5.88 Å². The Morgan fingerprint density at radius 1 is 1.52 bits per heavy atom. The fourth-order valence-electron chi connectivity index (χ4n) is 2.14. The highest BCUT2D eigenvalue weighted by Gasteiger charge is 2.25. The van der Waals surface area contributed by atoms with E-state index in [4.69, 9.17) is 16.0 Å². The second-order valence-corrected chi connectivity index (χ2v) is 6.06. The van der Waals surface area contributed by atoms with Crippen LogP contribution in [0.5, 0.6) is 0 Å². The molecule has 2 aromatic heterocycles. The Hall–Kier alpha value is -2.56. The van der Waals surface area contributed by atoms with E-state index >= 15 is 0 Å². The number of fused-ring (bicyclic) bond motifs is 1. The maximum Gasteiger partial charge on any atom is 0.342 e. The minimum Gasteiger partial charge on any atom is -0.465 e. The number of thiazole rings is 1. The van der Waals surface area contributed by atoms with Crippen LogP contribution in [0.2, 0.25) is 5.02 Å². The molecule has 0 unspecified atom stereocenters. The van der Waals surface area contributed by atoms with Crippen LogP contribution in [0.25, 0.3) is 10.2 Å². The Bertz CT molecular complexity index is 955. The summed E-state index contributed by atoms with van der Waals surface area (Å²) in [6.07, 6.45) is 0. The first kappa shape index (κ1) is 15.3. The number of anilines is 2. The SMILES string of the molecule is COC(=O)c1c(C)oc(Nc2nc3ccc(Cl)cc3s2)c1C#N. The van der Waals surface area contributed by atoms with Crippen molar-refractivity contribution in [2.24, 2.45) is 0 Å². The molecule has 3 rings (SSSR count). The van der Waals surface area contributed by atoms with Crippen LogP contribution in [0.3, 0.4) is 0 Å². The Balaban J connectivity index is 2.02. The highest BCUT2D eigenvalue weighted by Crippen LogP contribution is 2.33. The van der Waals surface area contributed by atoms with Gasteiger partial charge in [-0.3, -0.25) is 0 Å². The van der Waals surface area contributed by atoms with Crippen molar-refractivity contribution in [3.63, 3.8) is 0 Å². The van der Waals surface area contributed by atoms with Gasteiger partial charge in [-0.15, -0.1) is 0 Å². The normalized spacial score (nSPS) is 10.5. The maximum atomic E-state index is 11.8. The molecule has 0 aliphatic heterocycles. The molecular formula is C15H10ClN3O3S. The van der Waals surface area contributed by atoms with Gasteiger partial charge >= 0.3 is 5.97 Å². The smallest absolute Gasteiger partial charge is 0.342 e. The lowest BCUT2D eigenvalue weighted by atomic mass is 10.1. The number of aryl methyl sites for hydroxylation is 1. The van der Waals surface area contributed by atoms with E-state index in [0.29, 0.717) is 15.9 Å². The zero-order chi connectivity index (χ0) is 16.6. The summed E-state index contributed by atoms with van der Waals surface area (Å²) in [5, 5.41) is 13.4. The number of rotatable bonds is 3. The predicted octanol–water partition coefficient (Wildman–Crippen LogP) is 4.25. The summed E-state index contributed by atoms with van der Waals surface area (Å²) in [7, 11) is 1.25. The first-order chi connectivity index (χ1) is 11.0. The predicted molar refractivity (Wildman–Crippen MR) is 87.4 cm³/mol. The lowest BCUT2D eigenvalue weighted by Gasteiger charge is -1.98. The molecule has 0 amide bonds. The van der Waals surface area contributed by atoms with Crippen LogP contribution in [0.15, 0.2) is 22.6 Å². The maximum absolute atomic E-state index is 11.8. The molecule has 3 aromatic rings. The molecule has 0 bridgehead atoms. The molecule has 0 saturated heterocycles. The van der Waals surface area contributed by atoms with Crippen molar-refractivity contribution >= 4 is 50.1 Å². The summed E-state index contributed by atoms with van der Waals surface area (Å²) in [6.45, 7) is 1.59. The van der Waals surface area contributed by atoms with Gasteiger partial charge in [0, 0.05) is 5.02 Å². The molecule has 23 heavy (non-hydrogen) atoms. The summed E-state index contributed by atoms with van der Waals surface area (Å²) in [6, 6.07) is 7.32. The van der Waals surface area contributed by atoms with Crippen molar-refractivity contribution in [3.8, 4) is 6.07 Å². The fraction of sp³-hybridized carbons (Fsp3) is 0.133. The minimum absolute atomic E-state index is 0.0895. The van der Waals surface area contributed by atoms with Crippen LogP contribution in [-0.2, 0) is 4.74 Å². The number of furan rings is 1. The van der Waals surface area contributed by atoms with Crippen LogP contribution >= 0.6 is 22.9 Å². The van der Waals surface area contributed by atoms with Crippen molar-refractivity contribution in [2.45, 2.75) is 6.92 Å². The van der Waals surface area contributed by atoms with Crippen LogP contribution in [0.1, 0.15) is 21.7 Å². The molecule has 0 aliphatic carbocycles. The van der Waals surface area contributed by atoms with E-state index in [9.17, 15) is 10.1 Å². The first-order valence-corrected chi connectivity index (χ1v) is 7.68. The number of ether oxygens (including phenoxy) is 1. The van der Waals surface area contributed by atoms with E-state index in [-0.39, 0.29) is 17.0 Å². The number of methoxy groups -OCH3 is 1. The van der Waals surface area contributed by atoms with E-state index in [2.05, 4.69) is 15.0 Å². The number of carbonyl (C=O) groups is 1. The van der Waals surface area contributed by atoms with Crippen molar-refractivity contribution in [1.82, 2.24) is 4.98 Å². The molecule has 0 atom stereocenters. The second kappa shape index (κ2) is 5.91. The number of nitriles is 1. The molecule has 8 heteroatoms. The highest BCUT2D eigenvalue weighted by atomic mass is 35.5. The van der Waals surface area contributed by atoms with Gasteiger partial charge in [-0.1, -0.05) is 22.9 Å². The molecular weight excluding hydrogens is 338 g/mol. The standard InChI is InChI=1S/C15H10ClN3O3S/c1-7-12(14(20)21-2)9(6-17)13(22-7)19-15-18-10-4-3-8(16)5-11(10)23-15/h3-5H,1-2H3,(H,18,19). The Kier molecular flexibility index (Phi) is 3.94. The molecule has 1 N–H and O–H groups in total. The van der Waals surface area contributed by atoms with E-state index < -0.39 is 5.97 Å². The lowest BCUT2D eigenvalue weighted by Crippen LogP contribution is -2.04. The number of esters is 1. The summed E-state index contributed by atoms with van der Waals surface area (Å²) in [4.78, 5) is 16.2. The number of carbonyl (C=O) groups excluding carboxylic acids is 1. The molecule has 116 valence electrons. The van der Waals surface area contributed by atoms with E-state index in [1.54, 1.807) is 25.1 Å². The molecule has 6 nitrogen and oxygen atoms in total. The number of hydrogen-bond acceptors (Lipinski definition) is 7. The molecule has 0 spiro atoms. The number of hydrogen-bond donors (Lipinski definition) is 1. The first-order valence-electron chi connectivity index (χ1n) is 6.48. The number of nitrogens with one attached hydrogen (secondary N) is 1. The second-order valence-electron chi connectivity index (χ2n) is 4.60. The van der Waals surface area contributed by atoms with Crippen molar-refractivity contribution in [1.29, 1.82) is 5.26 Å². The quantitative estimate of drug-likeness (QED) is 0.712. The number of nitrogens with zero attached hydrogens (tertiary/aromatic N) is 2. The van der Waals surface area contributed by atoms with Gasteiger partial charge < -0.3 is 14.5 Å². The highest BCUT2D eigenvalue weighted by molar-refractivity contribution is 7.22. The summed E-state index contributed by atoms with van der Waals surface area (Å²) in [5.41, 5.74) is 0.977. The van der Waals surface area contributed by atoms with Crippen LogP contribution in [0, 0.1) is 18.3 Å². The average Bonchev–Trinajstić information content (AvgIpc) is 3.06. The van der Waals surface area contributed by atoms with Gasteiger partial charge in [-0.25, -0.2) is 9.78 Å². The van der Waals surface area contributed by atoms with E-state index in [1.165, 1.54) is 18.4 Å². The fourth-order valence-corrected chi connectivity index (χ4v) is 3.27. The Labute approximate surface area is 140 Å². The number of aromatic nitrogens is 1. The van der Waals surface area contributed by atoms with E-state index in [0.717, 1.165) is 10.2 Å². The molecule has 0 saturated carbocycles. The minimum atomic E-state index is -0.619. The van der Waals surface area contributed by atoms with Crippen molar-refractivity contribution in [2.75, 3.05) is 12.4 Å². The van der Waals surface area contributed by atoms with Gasteiger partial charge in [-0.05, 0) is 25.1 Å².